The van der Waals surface area contributed by atoms with Crippen LogP contribution in [0.15, 0.2) is 0 Å². The predicted octanol–water partition coefficient (Wildman–Crippen LogP) is 0.808. The molecule has 1 aliphatic carbocycles. The lowest BCUT2D eigenvalue weighted by Crippen LogP contribution is -2.28. The van der Waals surface area contributed by atoms with Crippen LogP contribution in [0.25, 0.3) is 0 Å². The molecule has 1 saturated carbocycles. The number of rotatable bonds is 3. The quantitative estimate of drug-likeness (QED) is 0.619. The smallest absolute Gasteiger partial charge is 0.427 e. The average molecular weight is 172 g/mol. The van der Waals surface area contributed by atoms with Gasteiger partial charge in [-0.15, -0.1) is 0 Å². The lowest BCUT2D eigenvalue weighted by Gasteiger charge is -2.27. The van der Waals surface area contributed by atoms with E-state index in [1.807, 2.05) is 6.92 Å². The molecule has 2 N–H and O–H groups in total. The SMILES string of the molecule is CCOC1CCC(B(O)O)CC1. The molecule has 0 aliphatic heterocycles. The van der Waals surface area contributed by atoms with E-state index in [9.17, 15) is 0 Å². The minimum absolute atomic E-state index is 0.0710. The maximum Gasteiger partial charge on any atom is 0.454 e. The van der Waals surface area contributed by atoms with Crippen molar-refractivity contribution in [3.8, 4) is 0 Å². The van der Waals surface area contributed by atoms with E-state index in [-0.39, 0.29) is 5.82 Å². The van der Waals surface area contributed by atoms with E-state index in [1.165, 1.54) is 0 Å². The molecule has 3 nitrogen and oxygen atoms in total. The second-order valence-corrected chi connectivity index (χ2v) is 3.41. The highest BCUT2D eigenvalue weighted by Crippen LogP contribution is 2.31. The van der Waals surface area contributed by atoms with Gasteiger partial charge in [0.1, 0.15) is 0 Å². The summed E-state index contributed by atoms with van der Waals surface area (Å²) in [6.45, 7) is 2.75. The minimum Gasteiger partial charge on any atom is -0.427 e. The van der Waals surface area contributed by atoms with Crippen LogP contribution in [0.4, 0.5) is 0 Å². The zero-order valence-electron chi connectivity index (χ0n) is 7.57. The van der Waals surface area contributed by atoms with E-state index in [4.69, 9.17) is 14.8 Å². The molecule has 0 unspecified atom stereocenters. The second-order valence-electron chi connectivity index (χ2n) is 3.41. The summed E-state index contributed by atoms with van der Waals surface area (Å²) in [5, 5.41) is 17.8. The van der Waals surface area contributed by atoms with Gasteiger partial charge in [0.15, 0.2) is 0 Å². The Kier molecular flexibility index (Phi) is 4.05. The summed E-state index contributed by atoms with van der Waals surface area (Å²) >= 11 is 0. The Morgan fingerprint density at radius 1 is 1.25 bits per heavy atom. The van der Waals surface area contributed by atoms with Gasteiger partial charge < -0.3 is 14.8 Å². The van der Waals surface area contributed by atoms with Gasteiger partial charge in [0.25, 0.3) is 0 Å². The van der Waals surface area contributed by atoms with E-state index in [2.05, 4.69) is 0 Å². The van der Waals surface area contributed by atoms with Crippen molar-refractivity contribution in [1.29, 1.82) is 0 Å². The molecule has 0 atom stereocenters. The third-order valence-electron chi connectivity index (χ3n) is 2.54. The van der Waals surface area contributed by atoms with Crippen LogP contribution in [0.1, 0.15) is 32.6 Å². The first kappa shape index (κ1) is 10.0. The van der Waals surface area contributed by atoms with Gasteiger partial charge in [-0.2, -0.15) is 0 Å². The Morgan fingerprint density at radius 3 is 2.25 bits per heavy atom. The molecule has 0 spiro atoms. The average Bonchev–Trinajstić information content (AvgIpc) is 2.06. The summed E-state index contributed by atoms with van der Waals surface area (Å²) in [6, 6.07) is 0. The molecular weight excluding hydrogens is 155 g/mol. The van der Waals surface area contributed by atoms with Crippen LogP contribution in [-0.2, 0) is 4.74 Å². The van der Waals surface area contributed by atoms with Gasteiger partial charge in [-0.1, -0.05) is 0 Å². The summed E-state index contributed by atoms with van der Waals surface area (Å²) in [6.07, 6.45) is 4.04. The van der Waals surface area contributed by atoms with Gasteiger partial charge >= 0.3 is 7.12 Å². The third-order valence-corrected chi connectivity index (χ3v) is 2.54. The topological polar surface area (TPSA) is 49.7 Å². The van der Waals surface area contributed by atoms with Crippen molar-refractivity contribution >= 4 is 7.12 Å². The molecule has 0 saturated heterocycles. The summed E-state index contributed by atoms with van der Waals surface area (Å²) in [5.74, 6) is 0.0710. The first-order valence-electron chi connectivity index (χ1n) is 4.71. The molecule has 0 aromatic carbocycles. The van der Waals surface area contributed by atoms with E-state index >= 15 is 0 Å². The van der Waals surface area contributed by atoms with Crippen LogP contribution in [0.3, 0.4) is 0 Å². The Morgan fingerprint density at radius 2 is 1.83 bits per heavy atom. The minimum atomic E-state index is -1.13. The normalized spacial score (nSPS) is 30.2. The van der Waals surface area contributed by atoms with Gasteiger partial charge in [0.2, 0.25) is 0 Å². The molecule has 0 bridgehead atoms. The summed E-state index contributed by atoms with van der Waals surface area (Å²) in [5.41, 5.74) is 0. The second kappa shape index (κ2) is 4.85. The predicted molar refractivity (Wildman–Crippen MR) is 47.8 cm³/mol. The Bertz CT molecular complexity index is 121. The van der Waals surface area contributed by atoms with Crippen LogP contribution in [0.5, 0.6) is 0 Å². The van der Waals surface area contributed by atoms with E-state index in [1.54, 1.807) is 0 Å². The maximum absolute atomic E-state index is 8.91. The number of hydrogen-bond acceptors (Lipinski definition) is 3. The molecule has 12 heavy (non-hydrogen) atoms. The monoisotopic (exact) mass is 172 g/mol. The largest absolute Gasteiger partial charge is 0.454 e. The van der Waals surface area contributed by atoms with Crippen LogP contribution < -0.4 is 0 Å². The summed E-state index contributed by atoms with van der Waals surface area (Å²) in [7, 11) is -1.13. The molecule has 4 heteroatoms. The maximum atomic E-state index is 8.91. The van der Waals surface area contributed by atoms with Crippen molar-refractivity contribution in [3.63, 3.8) is 0 Å². The molecule has 1 aliphatic rings. The van der Waals surface area contributed by atoms with E-state index in [0.717, 1.165) is 32.3 Å². The number of ether oxygens (including phenoxy) is 1. The first-order chi connectivity index (χ1) is 5.74. The van der Waals surface area contributed by atoms with Crippen LogP contribution in [-0.4, -0.2) is 29.9 Å². The Hall–Kier alpha value is -0.0551. The lowest BCUT2D eigenvalue weighted by atomic mass is 9.65. The molecule has 0 radical (unpaired) electrons. The van der Waals surface area contributed by atoms with Gasteiger partial charge in [0, 0.05) is 6.61 Å². The van der Waals surface area contributed by atoms with Crippen LogP contribution in [0.2, 0.25) is 5.82 Å². The highest BCUT2D eigenvalue weighted by molar-refractivity contribution is 6.43. The molecule has 1 fully saturated rings. The zero-order valence-corrected chi connectivity index (χ0v) is 7.57. The Balaban J connectivity index is 2.20. The fraction of sp³-hybridized carbons (Fsp3) is 1.00. The molecular formula is C8H17BO3. The zero-order chi connectivity index (χ0) is 8.97. The highest BCUT2D eigenvalue weighted by Gasteiger charge is 2.29. The van der Waals surface area contributed by atoms with Gasteiger partial charge in [0.05, 0.1) is 6.10 Å². The van der Waals surface area contributed by atoms with Crippen molar-refractivity contribution in [3.05, 3.63) is 0 Å². The van der Waals surface area contributed by atoms with Crippen LogP contribution >= 0.6 is 0 Å². The molecule has 1 rings (SSSR count). The standard InChI is InChI=1S/C8H17BO3/c1-2-12-8-5-3-7(4-6-8)9(10)11/h7-8,10-11H,2-6H2,1H3. The van der Waals surface area contributed by atoms with E-state index < -0.39 is 7.12 Å². The van der Waals surface area contributed by atoms with Crippen LogP contribution in [0, 0.1) is 0 Å². The fourth-order valence-electron chi connectivity index (χ4n) is 1.79. The van der Waals surface area contributed by atoms with E-state index in [0.29, 0.717) is 6.10 Å². The molecule has 0 aromatic rings. The third kappa shape index (κ3) is 2.77. The highest BCUT2D eigenvalue weighted by atomic mass is 16.5. The molecule has 70 valence electrons. The van der Waals surface area contributed by atoms with Gasteiger partial charge in [-0.05, 0) is 38.4 Å². The van der Waals surface area contributed by atoms with Gasteiger partial charge in [-0.25, -0.2) is 0 Å². The van der Waals surface area contributed by atoms with Gasteiger partial charge in [-0.3, -0.25) is 0 Å². The first-order valence-corrected chi connectivity index (χ1v) is 4.71. The molecule has 0 amide bonds. The van der Waals surface area contributed by atoms with Crippen molar-refractivity contribution < 1.29 is 14.8 Å². The Labute approximate surface area is 73.9 Å². The molecule has 0 aromatic heterocycles. The van der Waals surface area contributed by atoms with Crippen molar-refractivity contribution in [2.45, 2.75) is 44.5 Å². The lowest BCUT2D eigenvalue weighted by molar-refractivity contribution is 0.0351. The number of hydrogen-bond donors (Lipinski definition) is 2. The summed E-state index contributed by atoms with van der Waals surface area (Å²) in [4.78, 5) is 0. The van der Waals surface area contributed by atoms with Crippen molar-refractivity contribution in [2.24, 2.45) is 0 Å². The van der Waals surface area contributed by atoms with Crippen molar-refractivity contribution in [2.75, 3.05) is 6.61 Å². The van der Waals surface area contributed by atoms with Crippen molar-refractivity contribution in [1.82, 2.24) is 0 Å². The molecule has 0 heterocycles. The summed E-state index contributed by atoms with van der Waals surface area (Å²) < 4.78 is 5.45. The fourth-order valence-corrected chi connectivity index (χ4v) is 1.79.